The van der Waals surface area contributed by atoms with E-state index in [1.807, 2.05) is 66.4 Å². The zero-order valence-corrected chi connectivity index (χ0v) is 21.9. The van der Waals surface area contributed by atoms with Gasteiger partial charge >= 0.3 is 0 Å². The molecule has 0 aliphatic carbocycles. The van der Waals surface area contributed by atoms with E-state index in [4.69, 9.17) is 0 Å². The van der Waals surface area contributed by atoms with Crippen molar-refractivity contribution in [1.29, 1.82) is 0 Å². The molecule has 1 aromatic heterocycles. The van der Waals surface area contributed by atoms with Crippen molar-refractivity contribution in [2.75, 3.05) is 13.1 Å². The van der Waals surface area contributed by atoms with Gasteiger partial charge in [-0.25, -0.2) is 0 Å². The summed E-state index contributed by atoms with van der Waals surface area (Å²) in [6.45, 7) is 6.92. The quantitative estimate of drug-likeness (QED) is 0.301. The number of carbonyl (C=O) groups excluding carboxylic acids is 2. The zero-order chi connectivity index (χ0) is 25.2. The predicted octanol–water partition coefficient (Wildman–Crippen LogP) is 6.62. The summed E-state index contributed by atoms with van der Waals surface area (Å²) in [6, 6.07) is 24.0. The molecular formula is C31H32N2O2S. The molecule has 4 aromatic rings. The summed E-state index contributed by atoms with van der Waals surface area (Å²) in [7, 11) is 0. The molecule has 5 heteroatoms. The lowest BCUT2D eigenvalue weighted by Gasteiger charge is -2.39. The number of benzene rings is 3. The maximum Gasteiger partial charge on any atom is 0.255 e. The average Bonchev–Trinajstić information content (AvgIpc) is 3.39. The van der Waals surface area contributed by atoms with Crippen molar-refractivity contribution in [3.8, 4) is 0 Å². The van der Waals surface area contributed by atoms with Gasteiger partial charge < -0.3 is 9.80 Å². The minimum Gasteiger partial charge on any atom is -0.330 e. The van der Waals surface area contributed by atoms with Crippen LogP contribution in [0.15, 0.2) is 78.2 Å². The van der Waals surface area contributed by atoms with Crippen LogP contribution in [0.2, 0.25) is 0 Å². The molecule has 2 unspecified atom stereocenters. The Labute approximate surface area is 217 Å². The number of amides is 2. The van der Waals surface area contributed by atoms with E-state index in [0.29, 0.717) is 12.1 Å². The third-order valence-electron chi connectivity index (χ3n) is 7.48. The molecule has 184 valence electrons. The maximum absolute atomic E-state index is 14.0. The molecule has 1 aliphatic heterocycles. The number of nitrogens with zero attached hydrogens (tertiary/aromatic N) is 2. The normalized spacial score (nSPS) is 16.0. The molecule has 2 atom stereocenters. The van der Waals surface area contributed by atoms with Crippen LogP contribution >= 0.6 is 11.3 Å². The lowest BCUT2D eigenvalue weighted by atomic mass is 9.90. The molecular weight excluding hydrogens is 464 g/mol. The first kappa shape index (κ1) is 24.3. The molecule has 0 radical (unpaired) electrons. The Kier molecular flexibility index (Phi) is 6.92. The molecule has 2 amide bonds. The lowest BCUT2D eigenvalue weighted by molar-refractivity contribution is -0.134. The highest BCUT2D eigenvalue weighted by molar-refractivity contribution is 7.10. The summed E-state index contributed by atoms with van der Waals surface area (Å²) in [4.78, 5) is 33.0. The van der Waals surface area contributed by atoms with Gasteiger partial charge in [-0.05, 0) is 71.7 Å². The summed E-state index contributed by atoms with van der Waals surface area (Å²) in [5, 5.41) is 4.07. The fourth-order valence-corrected chi connectivity index (χ4v) is 6.17. The van der Waals surface area contributed by atoms with Gasteiger partial charge in [0.25, 0.3) is 5.91 Å². The van der Waals surface area contributed by atoms with E-state index in [0.717, 1.165) is 29.2 Å². The maximum atomic E-state index is 14.0. The van der Waals surface area contributed by atoms with Gasteiger partial charge in [0.15, 0.2) is 0 Å². The Morgan fingerprint density at radius 1 is 1.00 bits per heavy atom. The monoisotopic (exact) mass is 496 g/mol. The summed E-state index contributed by atoms with van der Waals surface area (Å²) >= 11 is 1.77. The highest BCUT2D eigenvalue weighted by atomic mass is 32.1. The molecule has 0 saturated carbocycles. The van der Waals surface area contributed by atoms with Gasteiger partial charge in [-0.3, -0.25) is 9.59 Å². The second kappa shape index (κ2) is 10.3. The standard InChI is InChI=1S/C31H32N2O2S/c1-4-22(3)33(31(35)26-15-9-12-23-11-6-8-14-25(23)26)20-29(34)32-18-16-28-27(17-19-36-28)30(32)24-13-7-5-10-21(24)2/h5-15,17,19,22,30H,4,16,18,20H2,1-3H3. The zero-order valence-electron chi connectivity index (χ0n) is 21.1. The first-order chi connectivity index (χ1) is 17.5. The summed E-state index contributed by atoms with van der Waals surface area (Å²) in [6.07, 6.45) is 1.63. The van der Waals surface area contributed by atoms with Gasteiger partial charge in [0.05, 0.1) is 6.04 Å². The molecule has 0 saturated heterocycles. The molecule has 0 N–H and O–H groups in total. The fraction of sp³-hybridized carbons (Fsp3) is 0.290. The van der Waals surface area contributed by atoms with E-state index in [2.05, 4.69) is 37.4 Å². The van der Waals surface area contributed by atoms with Gasteiger partial charge in [0.1, 0.15) is 6.54 Å². The Morgan fingerprint density at radius 3 is 2.56 bits per heavy atom. The first-order valence-electron chi connectivity index (χ1n) is 12.7. The molecule has 0 spiro atoms. The van der Waals surface area contributed by atoms with E-state index in [1.165, 1.54) is 16.0 Å². The number of hydrogen-bond donors (Lipinski definition) is 0. The summed E-state index contributed by atoms with van der Waals surface area (Å²) in [5.41, 5.74) is 4.19. The Hall–Kier alpha value is -3.44. The second-order valence-corrected chi connectivity index (χ2v) is 10.6. The van der Waals surface area contributed by atoms with Crippen LogP contribution in [0.25, 0.3) is 10.8 Å². The van der Waals surface area contributed by atoms with Crippen molar-refractivity contribution in [1.82, 2.24) is 9.80 Å². The highest BCUT2D eigenvalue weighted by Gasteiger charge is 2.35. The van der Waals surface area contributed by atoms with Crippen LogP contribution in [0.1, 0.15) is 58.2 Å². The van der Waals surface area contributed by atoms with E-state index < -0.39 is 0 Å². The largest absolute Gasteiger partial charge is 0.330 e. The van der Waals surface area contributed by atoms with Crippen LogP contribution in [0, 0.1) is 6.92 Å². The summed E-state index contributed by atoms with van der Waals surface area (Å²) < 4.78 is 0. The van der Waals surface area contributed by atoms with Crippen molar-refractivity contribution in [2.24, 2.45) is 0 Å². The van der Waals surface area contributed by atoms with Crippen molar-refractivity contribution in [3.63, 3.8) is 0 Å². The average molecular weight is 497 g/mol. The van der Waals surface area contributed by atoms with Gasteiger partial charge in [-0.1, -0.05) is 67.6 Å². The lowest BCUT2D eigenvalue weighted by Crippen LogP contribution is -2.49. The van der Waals surface area contributed by atoms with Crippen molar-refractivity contribution < 1.29 is 9.59 Å². The smallest absolute Gasteiger partial charge is 0.255 e. The summed E-state index contributed by atoms with van der Waals surface area (Å²) in [5.74, 6) is -0.0934. The number of hydrogen-bond acceptors (Lipinski definition) is 3. The molecule has 3 aromatic carbocycles. The molecule has 1 aliphatic rings. The highest BCUT2D eigenvalue weighted by Crippen LogP contribution is 2.39. The Balaban J connectivity index is 1.49. The van der Waals surface area contributed by atoms with Crippen molar-refractivity contribution in [2.45, 2.75) is 45.7 Å². The molecule has 4 nitrogen and oxygen atoms in total. The van der Waals surface area contributed by atoms with Crippen LogP contribution in [-0.4, -0.2) is 40.7 Å². The molecule has 36 heavy (non-hydrogen) atoms. The van der Waals surface area contributed by atoms with Crippen molar-refractivity contribution in [3.05, 3.63) is 105 Å². The van der Waals surface area contributed by atoms with Crippen molar-refractivity contribution >= 4 is 33.9 Å². The van der Waals surface area contributed by atoms with E-state index in [-0.39, 0.29) is 30.4 Å². The number of thiophene rings is 1. The molecule has 0 bridgehead atoms. The van der Waals surface area contributed by atoms with Crippen LogP contribution in [0.5, 0.6) is 0 Å². The third-order valence-corrected chi connectivity index (χ3v) is 8.48. The van der Waals surface area contributed by atoms with Gasteiger partial charge in [-0.15, -0.1) is 11.3 Å². The number of rotatable bonds is 6. The van der Waals surface area contributed by atoms with Crippen LogP contribution < -0.4 is 0 Å². The van der Waals surface area contributed by atoms with E-state index in [9.17, 15) is 9.59 Å². The Bertz CT molecular complexity index is 1400. The minimum absolute atomic E-state index is 0.00557. The molecule has 0 fully saturated rings. The third kappa shape index (κ3) is 4.44. The second-order valence-electron chi connectivity index (χ2n) is 9.61. The number of aryl methyl sites for hydroxylation is 1. The Morgan fingerprint density at radius 2 is 1.75 bits per heavy atom. The van der Waals surface area contributed by atoms with Gasteiger partial charge in [-0.2, -0.15) is 0 Å². The predicted molar refractivity (Wildman–Crippen MR) is 147 cm³/mol. The van der Waals surface area contributed by atoms with E-state index >= 15 is 0 Å². The van der Waals surface area contributed by atoms with Crippen LogP contribution in [-0.2, 0) is 11.2 Å². The molecule has 2 heterocycles. The molecule has 5 rings (SSSR count). The van der Waals surface area contributed by atoms with Crippen LogP contribution in [0.3, 0.4) is 0 Å². The van der Waals surface area contributed by atoms with E-state index in [1.54, 1.807) is 16.2 Å². The topological polar surface area (TPSA) is 40.6 Å². The minimum atomic E-state index is -0.125. The first-order valence-corrected chi connectivity index (χ1v) is 13.6. The van der Waals surface area contributed by atoms with Crippen LogP contribution in [0.4, 0.5) is 0 Å². The van der Waals surface area contributed by atoms with Gasteiger partial charge in [0.2, 0.25) is 5.91 Å². The SMILES string of the molecule is CCC(C)N(CC(=O)N1CCc2sccc2C1c1ccccc1C)C(=O)c1cccc2ccccc12. The number of fused-ring (bicyclic) bond motifs is 2. The number of carbonyl (C=O) groups is 2. The fourth-order valence-electron chi connectivity index (χ4n) is 5.27. The van der Waals surface area contributed by atoms with Gasteiger partial charge in [0, 0.05) is 23.0 Å².